The van der Waals surface area contributed by atoms with Gasteiger partial charge in [-0.05, 0) is 66.1 Å². The van der Waals surface area contributed by atoms with E-state index in [1.807, 2.05) is 24.3 Å². The number of thiocarbonyl (C=S) groups is 1. The minimum absolute atomic E-state index is 0.166. The van der Waals surface area contributed by atoms with Crippen LogP contribution in [-0.2, 0) is 28.8 Å². The number of methoxy groups -OCH3 is 2. The van der Waals surface area contributed by atoms with Gasteiger partial charge >= 0.3 is 5.97 Å². The van der Waals surface area contributed by atoms with Gasteiger partial charge in [0.25, 0.3) is 0 Å². The van der Waals surface area contributed by atoms with Gasteiger partial charge in [0.15, 0.2) is 5.11 Å². The number of thiophene rings is 1. The van der Waals surface area contributed by atoms with Crippen LogP contribution in [0.4, 0.5) is 5.00 Å². The summed E-state index contributed by atoms with van der Waals surface area (Å²) in [5.41, 5.74) is 2.62. The number of amides is 1. The van der Waals surface area contributed by atoms with Crippen molar-refractivity contribution in [3.05, 3.63) is 45.8 Å². The number of esters is 1. The lowest BCUT2D eigenvalue weighted by Crippen LogP contribution is -2.35. The maximum atomic E-state index is 12.5. The van der Waals surface area contributed by atoms with E-state index in [1.54, 1.807) is 7.11 Å². The first-order chi connectivity index (χ1) is 15.1. The molecule has 172 valence electrons. The molecule has 3 rings (SSSR count). The predicted octanol–water partition coefficient (Wildman–Crippen LogP) is 4.75. The number of ether oxygens (including phenoxy) is 2. The van der Waals surface area contributed by atoms with Gasteiger partial charge in [0.2, 0.25) is 5.91 Å². The van der Waals surface area contributed by atoms with Crippen molar-refractivity contribution >= 4 is 45.5 Å². The molecule has 0 fully saturated rings. The van der Waals surface area contributed by atoms with Gasteiger partial charge in [0.05, 0.1) is 26.2 Å². The third kappa shape index (κ3) is 5.66. The summed E-state index contributed by atoms with van der Waals surface area (Å²) >= 11 is 6.89. The lowest BCUT2D eigenvalue weighted by atomic mass is 9.72. The Morgan fingerprint density at radius 3 is 2.47 bits per heavy atom. The Bertz CT molecular complexity index is 1010. The molecule has 1 aromatic heterocycles. The van der Waals surface area contributed by atoms with E-state index in [4.69, 9.17) is 21.7 Å². The molecule has 2 aromatic rings. The molecule has 2 N–H and O–H groups in total. The Balaban J connectivity index is 1.71. The van der Waals surface area contributed by atoms with Crippen LogP contribution in [-0.4, -0.2) is 31.2 Å². The van der Waals surface area contributed by atoms with Gasteiger partial charge in [-0.25, -0.2) is 4.79 Å². The molecule has 0 radical (unpaired) electrons. The molecule has 1 amide bonds. The van der Waals surface area contributed by atoms with Crippen molar-refractivity contribution in [1.29, 1.82) is 0 Å². The normalized spacial score (nSPS) is 15.5. The molecule has 6 nitrogen and oxygen atoms in total. The number of hydrogen-bond acceptors (Lipinski definition) is 6. The summed E-state index contributed by atoms with van der Waals surface area (Å²) < 4.78 is 10.2. The average molecular weight is 475 g/mol. The fourth-order valence-electron chi connectivity index (χ4n) is 3.97. The van der Waals surface area contributed by atoms with Crippen molar-refractivity contribution in [2.45, 2.75) is 46.5 Å². The lowest BCUT2D eigenvalue weighted by molar-refractivity contribution is -0.119. The number of hydrogen-bond donors (Lipinski definition) is 2. The van der Waals surface area contributed by atoms with Gasteiger partial charge in [-0.15, -0.1) is 11.3 Å². The van der Waals surface area contributed by atoms with E-state index in [0.717, 1.165) is 36.1 Å². The molecule has 0 bridgehead atoms. The number of anilines is 1. The van der Waals surface area contributed by atoms with Crippen LogP contribution < -0.4 is 15.4 Å². The Morgan fingerprint density at radius 2 is 1.88 bits per heavy atom. The minimum atomic E-state index is -0.383. The molecule has 0 saturated carbocycles. The molecule has 0 saturated heterocycles. The van der Waals surface area contributed by atoms with Crippen LogP contribution in [0, 0.1) is 11.3 Å². The number of carbonyl (C=O) groups is 2. The molecule has 0 aliphatic heterocycles. The number of rotatable bonds is 5. The maximum Gasteiger partial charge on any atom is 0.341 e. The largest absolute Gasteiger partial charge is 0.497 e. The quantitative estimate of drug-likeness (QED) is 0.481. The topological polar surface area (TPSA) is 76.7 Å². The summed E-state index contributed by atoms with van der Waals surface area (Å²) in [4.78, 5) is 26.2. The lowest BCUT2D eigenvalue weighted by Gasteiger charge is -2.33. The summed E-state index contributed by atoms with van der Waals surface area (Å²) in [7, 11) is 2.98. The molecule has 32 heavy (non-hydrogen) atoms. The van der Waals surface area contributed by atoms with E-state index in [1.165, 1.54) is 23.3 Å². The highest BCUT2D eigenvalue weighted by atomic mass is 32.1. The SMILES string of the molecule is COC(=O)c1c(NC(=S)NC(=O)Cc2ccc(OC)cc2)sc2c1CCC(C(C)(C)C)C2. The van der Waals surface area contributed by atoms with E-state index >= 15 is 0 Å². The first-order valence-electron chi connectivity index (χ1n) is 10.6. The molecule has 1 atom stereocenters. The van der Waals surface area contributed by atoms with Crippen molar-refractivity contribution < 1.29 is 19.1 Å². The highest BCUT2D eigenvalue weighted by Crippen LogP contribution is 2.44. The van der Waals surface area contributed by atoms with Gasteiger partial charge in [0.1, 0.15) is 10.8 Å². The zero-order chi connectivity index (χ0) is 23.5. The first kappa shape index (κ1) is 24.2. The summed E-state index contributed by atoms with van der Waals surface area (Å²) in [6.07, 6.45) is 2.96. The molecular formula is C24H30N2O4S2. The van der Waals surface area contributed by atoms with Gasteiger partial charge < -0.3 is 20.1 Å². The van der Waals surface area contributed by atoms with Crippen LogP contribution in [0.1, 0.15) is 53.6 Å². The van der Waals surface area contributed by atoms with Crippen LogP contribution >= 0.6 is 23.6 Å². The zero-order valence-electron chi connectivity index (χ0n) is 19.2. The zero-order valence-corrected chi connectivity index (χ0v) is 20.8. The van der Waals surface area contributed by atoms with Crippen molar-refractivity contribution in [1.82, 2.24) is 5.32 Å². The maximum absolute atomic E-state index is 12.5. The van der Waals surface area contributed by atoms with Gasteiger partial charge in [-0.3, -0.25) is 4.79 Å². The fraction of sp³-hybridized carbons (Fsp3) is 0.458. The van der Waals surface area contributed by atoms with E-state index in [2.05, 4.69) is 31.4 Å². The second-order valence-electron chi connectivity index (χ2n) is 9.03. The molecule has 1 aromatic carbocycles. The van der Waals surface area contributed by atoms with E-state index in [-0.39, 0.29) is 28.8 Å². The average Bonchev–Trinajstić information content (AvgIpc) is 3.09. The fourth-order valence-corrected chi connectivity index (χ4v) is 5.57. The monoisotopic (exact) mass is 474 g/mol. The first-order valence-corrected chi connectivity index (χ1v) is 11.8. The molecule has 1 aliphatic carbocycles. The Kier molecular flexibility index (Phi) is 7.56. The summed E-state index contributed by atoms with van der Waals surface area (Å²) in [5, 5.41) is 6.57. The van der Waals surface area contributed by atoms with E-state index in [0.29, 0.717) is 16.5 Å². The number of fused-ring (bicyclic) bond motifs is 1. The summed E-state index contributed by atoms with van der Waals surface area (Å²) in [6, 6.07) is 7.29. The number of carbonyl (C=O) groups excluding carboxylic acids is 2. The van der Waals surface area contributed by atoms with E-state index < -0.39 is 0 Å². The number of benzene rings is 1. The van der Waals surface area contributed by atoms with Crippen LogP contribution in [0.2, 0.25) is 0 Å². The third-order valence-electron chi connectivity index (χ3n) is 5.88. The van der Waals surface area contributed by atoms with E-state index in [9.17, 15) is 9.59 Å². The Hall–Kier alpha value is -2.45. The van der Waals surface area contributed by atoms with Crippen LogP contribution in [0.3, 0.4) is 0 Å². The minimum Gasteiger partial charge on any atom is -0.497 e. The van der Waals surface area contributed by atoms with Crippen LogP contribution in [0.5, 0.6) is 5.75 Å². The standard InChI is InChI=1S/C24H30N2O4S2/c1-24(2,3)15-8-11-17-18(13-15)32-21(20(17)22(28)30-5)26-23(31)25-19(27)12-14-6-9-16(29-4)10-7-14/h6-7,9-10,15H,8,11-13H2,1-5H3,(H2,25,26,27,31). The van der Waals surface area contributed by atoms with Gasteiger partial charge in [-0.1, -0.05) is 32.9 Å². The number of nitrogens with one attached hydrogen (secondary N) is 2. The Morgan fingerprint density at radius 1 is 1.19 bits per heavy atom. The van der Waals surface area contributed by atoms with Crippen molar-refractivity contribution in [2.75, 3.05) is 19.5 Å². The van der Waals surface area contributed by atoms with Gasteiger partial charge in [-0.2, -0.15) is 0 Å². The second-order valence-corrected chi connectivity index (χ2v) is 10.5. The molecule has 1 aliphatic rings. The van der Waals surface area contributed by atoms with Crippen LogP contribution in [0.15, 0.2) is 24.3 Å². The smallest absolute Gasteiger partial charge is 0.341 e. The van der Waals surface area contributed by atoms with Crippen molar-refractivity contribution in [3.8, 4) is 5.75 Å². The summed E-state index contributed by atoms with van der Waals surface area (Å²) in [6.45, 7) is 6.76. The summed E-state index contributed by atoms with van der Waals surface area (Å²) in [5.74, 6) is 0.660. The van der Waals surface area contributed by atoms with Crippen molar-refractivity contribution in [3.63, 3.8) is 0 Å². The van der Waals surface area contributed by atoms with Gasteiger partial charge in [0, 0.05) is 4.88 Å². The molecule has 8 heteroatoms. The second kappa shape index (κ2) is 10.0. The van der Waals surface area contributed by atoms with Crippen LogP contribution in [0.25, 0.3) is 0 Å². The molecular weight excluding hydrogens is 444 g/mol. The highest BCUT2D eigenvalue weighted by Gasteiger charge is 2.34. The highest BCUT2D eigenvalue weighted by molar-refractivity contribution is 7.80. The predicted molar refractivity (Wildman–Crippen MR) is 132 cm³/mol. The van der Waals surface area contributed by atoms with Crippen molar-refractivity contribution in [2.24, 2.45) is 11.3 Å². The third-order valence-corrected chi connectivity index (χ3v) is 7.26. The Labute approximate surface area is 198 Å². The molecule has 1 unspecified atom stereocenters. The molecule has 1 heterocycles. The molecule has 0 spiro atoms.